The molecule has 4 rings (SSSR count). The first-order valence-corrected chi connectivity index (χ1v) is 11.8. The molecule has 0 aliphatic carbocycles. The molecule has 8 nitrogen and oxygen atoms in total. The van der Waals surface area contributed by atoms with Crippen molar-refractivity contribution in [1.82, 2.24) is 15.0 Å². The summed E-state index contributed by atoms with van der Waals surface area (Å²) in [6.07, 6.45) is -0.192. The molecule has 1 atom stereocenters. The molecule has 0 radical (unpaired) electrons. The number of aromatic nitrogens is 3. The van der Waals surface area contributed by atoms with Gasteiger partial charge < -0.3 is 9.84 Å². The van der Waals surface area contributed by atoms with Crippen molar-refractivity contribution in [3.05, 3.63) is 98.3 Å². The largest absolute Gasteiger partial charge is 0.489 e. The van der Waals surface area contributed by atoms with Crippen LogP contribution in [-0.4, -0.2) is 31.9 Å². The first-order chi connectivity index (χ1) is 17.3. The zero-order valence-corrected chi connectivity index (χ0v) is 20.4. The SMILES string of the molecule is O=C(CC(CCn1nnc2ccc(Cl)cc2c1=O)C(=O)O)c1ccc(OCc2cccc(Cl)c2)cc1. The molecule has 10 heteroatoms. The van der Waals surface area contributed by atoms with E-state index < -0.39 is 17.4 Å². The normalized spacial score (nSPS) is 11.8. The Morgan fingerprint density at radius 1 is 1.00 bits per heavy atom. The zero-order valence-electron chi connectivity index (χ0n) is 18.9. The van der Waals surface area contributed by atoms with Crippen LogP contribution < -0.4 is 10.3 Å². The fourth-order valence-corrected chi connectivity index (χ4v) is 4.04. The quantitative estimate of drug-likeness (QED) is 0.288. The van der Waals surface area contributed by atoms with E-state index in [1.165, 1.54) is 6.07 Å². The lowest BCUT2D eigenvalue weighted by Crippen LogP contribution is -2.27. The van der Waals surface area contributed by atoms with E-state index in [9.17, 15) is 19.5 Å². The standard InChI is InChI=1S/C26H21Cl2N3O5/c27-19-3-1-2-16(12-19)15-36-21-7-4-17(5-8-21)24(32)13-18(26(34)35)10-11-31-25(33)22-14-20(28)6-9-23(22)29-30-31/h1-9,12,14,18H,10-11,13,15H2,(H,34,35). The molecule has 4 aromatic rings. The van der Waals surface area contributed by atoms with E-state index in [4.69, 9.17) is 27.9 Å². The summed E-state index contributed by atoms with van der Waals surface area (Å²) < 4.78 is 6.81. The van der Waals surface area contributed by atoms with E-state index in [2.05, 4.69) is 10.3 Å². The van der Waals surface area contributed by atoms with Crippen LogP contribution in [0.1, 0.15) is 28.8 Å². The summed E-state index contributed by atoms with van der Waals surface area (Å²) in [6.45, 7) is 0.312. The maximum Gasteiger partial charge on any atom is 0.307 e. The maximum atomic E-state index is 12.7. The molecule has 0 amide bonds. The molecule has 1 N–H and O–H groups in total. The molecule has 0 aliphatic heterocycles. The molecule has 0 fully saturated rings. The van der Waals surface area contributed by atoms with Gasteiger partial charge in [-0.3, -0.25) is 14.4 Å². The van der Waals surface area contributed by atoms with Gasteiger partial charge in [0.15, 0.2) is 5.78 Å². The number of benzene rings is 3. The maximum absolute atomic E-state index is 12.7. The molecule has 1 heterocycles. The molecule has 184 valence electrons. The van der Waals surface area contributed by atoms with Crippen molar-refractivity contribution in [3.63, 3.8) is 0 Å². The fraction of sp³-hybridized carbons (Fsp3) is 0.192. The summed E-state index contributed by atoms with van der Waals surface area (Å²) in [5.74, 6) is -1.89. The van der Waals surface area contributed by atoms with Crippen LogP contribution in [-0.2, 0) is 17.9 Å². The second-order valence-electron chi connectivity index (χ2n) is 8.17. The molecule has 0 saturated carbocycles. The van der Waals surface area contributed by atoms with Gasteiger partial charge in [0.05, 0.1) is 11.3 Å². The zero-order chi connectivity index (χ0) is 25.7. The van der Waals surface area contributed by atoms with Crippen LogP contribution in [0.2, 0.25) is 10.0 Å². The Bertz CT molecular complexity index is 1470. The number of carbonyl (C=O) groups excluding carboxylic acids is 1. The van der Waals surface area contributed by atoms with Crippen LogP contribution in [0.3, 0.4) is 0 Å². The third-order valence-electron chi connectivity index (χ3n) is 5.63. The number of ether oxygens (including phenoxy) is 1. The predicted octanol–water partition coefficient (Wildman–Crippen LogP) is 5.04. The Labute approximate surface area is 216 Å². The average Bonchev–Trinajstić information content (AvgIpc) is 2.86. The molecular weight excluding hydrogens is 505 g/mol. The highest BCUT2D eigenvalue weighted by molar-refractivity contribution is 6.31. The van der Waals surface area contributed by atoms with E-state index >= 15 is 0 Å². The number of aliphatic carboxylic acids is 1. The second-order valence-corrected chi connectivity index (χ2v) is 9.05. The number of hydrogen-bond acceptors (Lipinski definition) is 6. The third kappa shape index (κ3) is 6.27. The molecule has 1 aromatic heterocycles. The van der Waals surface area contributed by atoms with Crippen molar-refractivity contribution in [2.75, 3.05) is 0 Å². The van der Waals surface area contributed by atoms with Gasteiger partial charge in [0.25, 0.3) is 5.56 Å². The van der Waals surface area contributed by atoms with Crippen LogP contribution in [0.4, 0.5) is 0 Å². The summed E-state index contributed by atoms with van der Waals surface area (Å²) in [6, 6.07) is 18.5. The predicted molar refractivity (Wildman–Crippen MR) is 136 cm³/mol. The number of aryl methyl sites for hydroxylation is 1. The van der Waals surface area contributed by atoms with Gasteiger partial charge in [0.1, 0.15) is 17.9 Å². The molecule has 1 unspecified atom stereocenters. The topological polar surface area (TPSA) is 111 Å². The van der Waals surface area contributed by atoms with Gasteiger partial charge in [-0.05, 0) is 66.6 Å². The number of rotatable bonds is 10. The van der Waals surface area contributed by atoms with Gasteiger partial charge in [-0.25, -0.2) is 4.68 Å². The van der Waals surface area contributed by atoms with Crippen molar-refractivity contribution >= 4 is 45.9 Å². The Balaban J connectivity index is 1.37. The van der Waals surface area contributed by atoms with Gasteiger partial charge in [-0.15, -0.1) is 5.10 Å². The highest BCUT2D eigenvalue weighted by Gasteiger charge is 2.23. The number of ketones is 1. The molecule has 0 spiro atoms. The average molecular weight is 526 g/mol. The number of hydrogen-bond donors (Lipinski definition) is 1. The van der Waals surface area contributed by atoms with Crippen molar-refractivity contribution in [3.8, 4) is 5.75 Å². The van der Waals surface area contributed by atoms with Crippen LogP contribution in [0, 0.1) is 5.92 Å². The first kappa shape index (κ1) is 25.3. The minimum atomic E-state index is -1.13. The van der Waals surface area contributed by atoms with E-state index in [-0.39, 0.29) is 30.6 Å². The Kier molecular flexibility index (Phi) is 7.97. The molecule has 0 bridgehead atoms. The number of carboxylic acid groups (broad SMARTS) is 1. The van der Waals surface area contributed by atoms with Crippen LogP contribution in [0.15, 0.2) is 71.5 Å². The minimum absolute atomic E-state index is 0.00515. The fourth-order valence-electron chi connectivity index (χ4n) is 3.66. The smallest absolute Gasteiger partial charge is 0.307 e. The van der Waals surface area contributed by atoms with Crippen LogP contribution >= 0.6 is 23.2 Å². The van der Waals surface area contributed by atoms with Crippen molar-refractivity contribution < 1.29 is 19.4 Å². The summed E-state index contributed by atoms with van der Waals surface area (Å²) >= 11 is 11.9. The van der Waals surface area contributed by atoms with Crippen molar-refractivity contribution in [1.29, 1.82) is 0 Å². The number of carbonyl (C=O) groups is 2. The lowest BCUT2D eigenvalue weighted by Gasteiger charge is -2.13. The summed E-state index contributed by atoms with van der Waals surface area (Å²) in [7, 11) is 0. The molecule has 36 heavy (non-hydrogen) atoms. The lowest BCUT2D eigenvalue weighted by molar-refractivity contribution is -0.142. The van der Waals surface area contributed by atoms with Crippen LogP contribution in [0.5, 0.6) is 5.75 Å². The third-order valence-corrected chi connectivity index (χ3v) is 6.10. The Morgan fingerprint density at radius 2 is 1.75 bits per heavy atom. The highest BCUT2D eigenvalue weighted by atomic mass is 35.5. The lowest BCUT2D eigenvalue weighted by atomic mass is 9.95. The Hall–Kier alpha value is -3.75. The number of nitrogens with zero attached hydrogens (tertiary/aromatic N) is 3. The molecule has 0 aliphatic rings. The van der Waals surface area contributed by atoms with E-state index in [1.807, 2.05) is 12.1 Å². The van der Waals surface area contributed by atoms with Crippen molar-refractivity contribution in [2.24, 2.45) is 5.92 Å². The molecular formula is C26H21Cl2N3O5. The van der Waals surface area contributed by atoms with Crippen molar-refractivity contribution in [2.45, 2.75) is 26.0 Å². The van der Waals surface area contributed by atoms with Gasteiger partial charge in [0.2, 0.25) is 0 Å². The first-order valence-electron chi connectivity index (χ1n) is 11.1. The molecule has 3 aromatic carbocycles. The summed E-state index contributed by atoms with van der Waals surface area (Å²) in [5.41, 5.74) is 1.25. The number of carboxylic acids is 1. The summed E-state index contributed by atoms with van der Waals surface area (Å²) in [5, 5.41) is 18.8. The minimum Gasteiger partial charge on any atom is -0.489 e. The van der Waals surface area contributed by atoms with Gasteiger partial charge in [0, 0.05) is 28.6 Å². The van der Waals surface area contributed by atoms with Gasteiger partial charge in [-0.1, -0.05) is 40.5 Å². The monoisotopic (exact) mass is 525 g/mol. The second kappa shape index (κ2) is 11.3. The molecule has 0 saturated heterocycles. The van der Waals surface area contributed by atoms with Crippen LogP contribution in [0.25, 0.3) is 10.9 Å². The Morgan fingerprint density at radius 3 is 2.47 bits per heavy atom. The van der Waals surface area contributed by atoms with E-state index in [1.54, 1.807) is 48.5 Å². The van der Waals surface area contributed by atoms with E-state index in [0.29, 0.717) is 33.5 Å². The summed E-state index contributed by atoms with van der Waals surface area (Å²) in [4.78, 5) is 37.2. The number of fused-ring (bicyclic) bond motifs is 1. The van der Waals surface area contributed by atoms with Gasteiger partial charge >= 0.3 is 5.97 Å². The van der Waals surface area contributed by atoms with Gasteiger partial charge in [-0.2, -0.15) is 0 Å². The number of halogens is 2. The number of Topliss-reactive ketones (excluding diaryl/α,β-unsaturated/α-hetero) is 1. The highest BCUT2D eigenvalue weighted by Crippen LogP contribution is 2.20. The van der Waals surface area contributed by atoms with E-state index in [0.717, 1.165) is 10.2 Å².